The molecule has 2 N–H and O–H groups in total. The summed E-state index contributed by atoms with van der Waals surface area (Å²) in [6, 6.07) is 0. The highest BCUT2D eigenvalue weighted by Crippen LogP contribution is 1.68. The Bertz CT molecular complexity index is 135. The van der Waals surface area contributed by atoms with Gasteiger partial charge in [0.05, 0.1) is 7.11 Å². The van der Waals surface area contributed by atoms with Gasteiger partial charge in [0, 0.05) is 6.92 Å². The predicted octanol–water partition coefficient (Wildman–Crippen LogP) is -0.675. The molecule has 0 bridgehead atoms. The van der Waals surface area contributed by atoms with Crippen LogP contribution in [-0.4, -0.2) is 19.1 Å². The van der Waals surface area contributed by atoms with E-state index in [9.17, 15) is 9.59 Å². The molecule has 0 atom stereocenters. The molecule has 0 aliphatic rings. The second kappa shape index (κ2) is 4.57. The monoisotopic (exact) mass is 148 g/mol. The Morgan fingerprint density at radius 1 is 1.30 bits per heavy atom. The van der Waals surface area contributed by atoms with Crippen molar-refractivity contribution in [1.82, 2.24) is 11.0 Å². The number of carbonyl (C=O) groups is 2. The molecule has 0 saturated heterocycles. The Labute approximate surface area is 57.4 Å². The Kier molecular flexibility index (Phi) is 3.97. The molecule has 0 aliphatic heterocycles. The first-order chi connectivity index (χ1) is 4.66. The summed E-state index contributed by atoms with van der Waals surface area (Å²) in [4.78, 5) is 24.4. The summed E-state index contributed by atoms with van der Waals surface area (Å²) in [5, 5.41) is 0. The highest BCUT2D eigenvalue weighted by atomic mass is 16.8. The molecule has 58 valence electrons. The molecule has 6 nitrogen and oxygen atoms in total. The van der Waals surface area contributed by atoms with Crippen LogP contribution in [0.4, 0.5) is 4.79 Å². The number of rotatable bonds is 2. The molecule has 0 aliphatic carbocycles. The summed E-state index contributed by atoms with van der Waals surface area (Å²) in [7, 11) is 1.17. The molecule has 0 spiro atoms. The summed E-state index contributed by atoms with van der Waals surface area (Å²) in [6.45, 7) is 1.24. The molecule has 0 fully saturated rings. The number of hydrogen-bond acceptors (Lipinski definition) is 4. The fourth-order valence-electron chi connectivity index (χ4n) is 0.181. The van der Waals surface area contributed by atoms with E-state index in [1.54, 1.807) is 5.48 Å². The third-order valence-electron chi connectivity index (χ3n) is 0.515. The van der Waals surface area contributed by atoms with Crippen molar-refractivity contribution >= 4 is 12.0 Å². The van der Waals surface area contributed by atoms with Crippen molar-refractivity contribution in [3.63, 3.8) is 0 Å². The smallest absolute Gasteiger partial charge is 0.433 e. The number of hydrogen-bond donors (Lipinski definition) is 2. The van der Waals surface area contributed by atoms with E-state index in [1.807, 2.05) is 5.48 Å². The first-order valence-electron chi connectivity index (χ1n) is 2.43. The lowest BCUT2D eigenvalue weighted by atomic mass is 10.8. The molecule has 0 aromatic rings. The minimum Gasteiger partial charge on any atom is -0.451 e. The fraction of sp³-hybridized carbons (Fsp3) is 0.500. The lowest BCUT2D eigenvalue weighted by Crippen LogP contribution is -2.33. The van der Waals surface area contributed by atoms with Crippen molar-refractivity contribution in [2.45, 2.75) is 6.92 Å². The number of methoxy groups -OCH3 is 1. The number of hydroxylamine groups is 2. The average molecular weight is 148 g/mol. The number of nitrogens with one attached hydrogen (secondary N) is 2. The van der Waals surface area contributed by atoms with E-state index in [0.29, 0.717) is 0 Å². The molecule has 0 radical (unpaired) electrons. The Balaban J connectivity index is 3.20. The van der Waals surface area contributed by atoms with Crippen LogP contribution in [0.3, 0.4) is 0 Å². The predicted molar refractivity (Wildman–Crippen MR) is 30.4 cm³/mol. The summed E-state index contributed by atoms with van der Waals surface area (Å²) >= 11 is 0. The summed E-state index contributed by atoms with van der Waals surface area (Å²) in [5.74, 6) is -0.420. The van der Waals surface area contributed by atoms with Crippen LogP contribution in [-0.2, 0) is 14.5 Å². The number of carbonyl (C=O) groups excluding carboxylic acids is 2. The van der Waals surface area contributed by atoms with Crippen molar-refractivity contribution in [2.24, 2.45) is 0 Å². The Morgan fingerprint density at radius 2 is 1.90 bits per heavy atom. The van der Waals surface area contributed by atoms with Gasteiger partial charge in [-0.3, -0.25) is 4.79 Å². The molecule has 0 aromatic heterocycles. The van der Waals surface area contributed by atoms with Gasteiger partial charge in [-0.05, 0) is 0 Å². The molecular formula is C4H8N2O4. The lowest BCUT2D eigenvalue weighted by Gasteiger charge is -2.01. The largest absolute Gasteiger partial charge is 0.451 e. The molecule has 6 heteroatoms. The van der Waals surface area contributed by atoms with E-state index in [4.69, 9.17) is 0 Å². The Hall–Kier alpha value is -1.30. The minimum atomic E-state index is -0.784. The average Bonchev–Trinajstić information content (AvgIpc) is 1.87. The Morgan fingerprint density at radius 3 is 2.30 bits per heavy atom. The fourth-order valence-corrected chi connectivity index (χ4v) is 0.181. The van der Waals surface area contributed by atoms with Gasteiger partial charge >= 0.3 is 6.09 Å². The van der Waals surface area contributed by atoms with Crippen molar-refractivity contribution in [2.75, 3.05) is 7.11 Å². The van der Waals surface area contributed by atoms with Crippen LogP contribution in [0.1, 0.15) is 6.92 Å². The number of amides is 2. The molecule has 10 heavy (non-hydrogen) atoms. The molecule has 2 amide bonds. The third kappa shape index (κ3) is 4.85. The molecule has 0 saturated carbocycles. The van der Waals surface area contributed by atoms with Gasteiger partial charge in [0.2, 0.25) is 5.91 Å². The summed E-state index contributed by atoms with van der Waals surface area (Å²) in [5.41, 5.74) is 3.63. The van der Waals surface area contributed by atoms with Gasteiger partial charge in [-0.15, -0.1) is 0 Å². The van der Waals surface area contributed by atoms with E-state index >= 15 is 0 Å². The zero-order valence-corrected chi connectivity index (χ0v) is 5.63. The molecule has 0 heterocycles. The van der Waals surface area contributed by atoms with Gasteiger partial charge in [0.1, 0.15) is 0 Å². The van der Waals surface area contributed by atoms with Gasteiger partial charge in [-0.25, -0.2) is 10.3 Å². The number of ether oxygens (including phenoxy) is 1. The van der Waals surface area contributed by atoms with Gasteiger partial charge in [0.25, 0.3) is 0 Å². The standard InChI is InChI=1S/C4H8N2O4/c1-3(7)5-10-6-4(8)9-2/h1-2H3,(H,5,7)(H,6,8). The quantitative estimate of drug-likeness (QED) is 0.509. The first kappa shape index (κ1) is 8.70. The van der Waals surface area contributed by atoms with E-state index in [0.717, 1.165) is 0 Å². The van der Waals surface area contributed by atoms with Crippen molar-refractivity contribution < 1.29 is 19.3 Å². The summed E-state index contributed by atoms with van der Waals surface area (Å²) < 4.78 is 4.11. The second-order valence-electron chi connectivity index (χ2n) is 1.35. The molecule has 0 aromatic carbocycles. The van der Waals surface area contributed by atoms with Crippen molar-refractivity contribution in [3.05, 3.63) is 0 Å². The molecule has 0 unspecified atom stereocenters. The van der Waals surface area contributed by atoms with Crippen LogP contribution in [0.25, 0.3) is 0 Å². The first-order valence-corrected chi connectivity index (χ1v) is 2.43. The highest BCUT2D eigenvalue weighted by Gasteiger charge is 1.96. The van der Waals surface area contributed by atoms with Crippen LogP contribution >= 0.6 is 0 Å². The maximum atomic E-state index is 10.2. The normalized spacial score (nSPS) is 8.20. The van der Waals surface area contributed by atoms with Gasteiger partial charge in [0.15, 0.2) is 0 Å². The molecular weight excluding hydrogens is 140 g/mol. The van der Waals surface area contributed by atoms with E-state index in [-0.39, 0.29) is 0 Å². The lowest BCUT2D eigenvalue weighted by molar-refractivity contribution is -0.136. The SMILES string of the molecule is COC(=O)NONC(C)=O. The van der Waals surface area contributed by atoms with Crippen molar-refractivity contribution in [1.29, 1.82) is 0 Å². The highest BCUT2D eigenvalue weighted by molar-refractivity contribution is 5.72. The van der Waals surface area contributed by atoms with Gasteiger partial charge in [-0.2, -0.15) is 10.4 Å². The molecule has 0 rings (SSSR count). The van der Waals surface area contributed by atoms with Crippen LogP contribution in [0, 0.1) is 0 Å². The van der Waals surface area contributed by atoms with E-state index in [1.165, 1.54) is 14.0 Å². The van der Waals surface area contributed by atoms with Crippen LogP contribution in [0.15, 0.2) is 0 Å². The maximum Gasteiger partial charge on any atom is 0.433 e. The van der Waals surface area contributed by atoms with Gasteiger partial charge in [-0.1, -0.05) is 0 Å². The zero-order valence-electron chi connectivity index (χ0n) is 5.63. The second-order valence-corrected chi connectivity index (χ2v) is 1.35. The zero-order chi connectivity index (χ0) is 7.98. The summed E-state index contributed by atoms with van der Waals surface area (Å²) in [6.07, 6.45) is -0.784. The topological polar surface area (TPSA) is 76.7 Å². The van der Waals surface area contributed by atoms with Crippen LogP contribution in [0.2, 0.25) is 0 Å². The minimum absolute atomic E-state index is 0.420. The van der Waals surface area contributed by atoms with E-state index in [2.05, 4.69) is 9.68 Å². The maximum absolute atomic E-state index is 10.2. The van der Waals surface area contributed by atoms with E-state index < -0.39 is 12.0 Å². The van der Waals surface area contributed by atoms with Crippen molar-refractivity contribution in [3.8, 4) is 0 Å². The van der Waals surface area contributed by atoms with Crippen LogP contribution < -0.4 is 11.0 Å². The van der Waals surface area contributed by atoms with Crippen LogP contribution in [0.5, 0.6) is 0 Å². The third-order valence-corrected chi connectivity index (χ3v) is 0.515. The van der Waals surface area contributed by atoms with Gasteiger partial charge < -0.3 is 4.74 Å².